The topological polar surface area (TPSA) is 42.9 Å². The molecule has 2 aromatic heterocycles. The first-order valence-electron chi connectivity index (χ1n) is 14.7. The maximum atomic E-state index is 15.1. The fraction of sp³-hybridized carbons (Fsp3) is 0. The van der Waals surface area contributed by atoms with Crippen molar-refractivity contribution in [3.63, 3.8) is 0 Å². The lowest BCUT2D eigenvalue weighted by atomic mass is 9.96. The molecule has 0 amide bonds. The molecule has 0 saturated carbocycles. The third kappa shape index (κ3) is 4.33. The molecular formula is C40H27N2OP. The standard InChI is InChI=1S/C40H27N2OP/c43-44(32-16-6-2-7-17-32,33-18-8-3-9-19-33)34-20-10-14-30(26-34)31-22-23-35-37(27-31)42-39(28-12-4-1-5-13-28)36-24-21-29-15-11-25-41-40(29)38(35)36/h1-27H. The summed E-state index contributed by atoms with van der Waals surface area (Å²) in [5, 5.41) is 6.79. The molecule has 0 saturated heterocycles. The first-order chi connectivity index (χ1) is 21.7. The molecule has 0 unspecified atom stereocenters. The van der Waals surface area contributed by atoms with Crippen molar-refractivity contribution in [2.75, 3.05) is 0 Å². The minimum absolute atomic E-state index is 0.805. The molecule has 0 radical (unpaired) electrons. The summed E-state index contributed by atoms with van der Waals surface area (Å²) in [6, 6.07) is 52.9. The fourth-order valence-corrected chi connectivity index (χ4v) is 8.93. The van der Waals surface area contributed by atoms with Crippen molar-refractivity contribution in [1.82, 2.24) is 9.97 Å². The minimum Gasteiger partial charge on any atom is -0.309 e. The summed E-state index contributed by atoms with van der Waals surface area (Å²) in [5.74, 6) is 0. The molecule has 3 nitrogen and oxygen atoms in total. The van der Waals surface area contributed by atoms with Gasteiger partial charge >= 0.3 is 0 Å². The predicted octanol–water partition coefficient (Wildman–Crippen LogP) is 8.91. The van der Waals surface area contributed by atoms with Crippen LogP contribution in [0.4, 0.5) is 0 Å². The Morgan fingerprint density at radius 1 is 0.477 bits per heavy atom. The van der Waals surface area contributed by atoms with Gasteiger partial charge in [-0.1, -0.05) is 140 Å². The van der Waals surface area contributed by atoms with Gasteiger partial charge in [-0.25, -0.2) is 4.98 Å². The highest BCUT2D eigenvalue weighted by molar-refractivity contribution is 7.85. The molecular weight excluding hydrogens is 555 g/mol. The third-order valence-electron chi connectivity index (χ3n) is 8.36. The lowest BCUT2D eigenvalue weighted by Crippen LogP contribution is -2.25. The second kappa shape index (κ2) is 10.7. The van der Waals surface area contributed by atoms with Crippen LogP contribution in [0, 0.1) is 0 Å². The first kappa shape index (κ1) is 26.3. The van der Waals surface area contributed by atoms with Gasteiger partial charge in [-0.05, 0) is 29.3 Å². The van der Waals surface area contributed by atoms with Crippen molar-refractivity contribution >= 4 is 55.6 Å². The van der Waals surface area contributed by atoms with Crippen molar-refractivity contribution in [2.45, 2.75) is 0 Å². The van der Waals surface area contributed by atoms with Crippen LogP contribution < -0.4 is 15.9 Å². The summed E-state index contributed by atoms with van der Waals surface area (Å²) in [4.78, 5) is 10.1. The van der Waals surface area contributed by atoms with Gasteiger partial charge in [-0.2, -0.15) is 0 Å². The van der Waals surface area contributed by atoms with Crippen LogP contribution in [0.2, 0.25) is 0 Å². The predicted molar refractivity (Wildman–Crippen MR) is 185 cm³/mol. The molecule has 0 bridgehead atoms. The number of hydrogen-bond acceptors (Lipinski definition) is 3. The van der Waals surface area contributed by atoms with Crippen molar-refractivity contribution < 1.29 is 4.57 Å². The average Bonchev–Trinajstić information content (AvgIpc) is 3.11. The molecule has 8 aromatic rings. The minimum atomic E-state index is -3.10. The van der Waals surface area contributed by atoms with Crippen molar-refractivity contribution in [3.8, 4) is 22.4 Å². The maximum absolute atomic E-state index is 15.1. The fourth-order valence-electron chi connectivity index (χ4n) is 6.23. The van der Waals surface area contributed by atoms with E-state index >= 15 is 4.57 Å². The summed E-state index contributed by atoms with van der Waals surface area (Å²) in [6.45, 7) is 0. The van der Waals surface area contributed by atoms with E-state index in [1.54, 1.807) is 0 Å². The lowest BCUT2D eigenvalue weighted by Gasteiger charge is -2.20. The normalized spacial score (nSPS) is 11.7. The summed E-state index contributed by atoms with van der Waals surface area (Å²) in [6.07, 6.45) is 1.86. The molecule has 6 aromatic carbocycles. The Morgan fingerprint density at radius 2 is 1.09 bits per heavy atom. The van der Waals surface area contributed by atoms with Crippen LogP contribution in [0.25, 0.3) is 55.0 Å². The molecule has 0 aliphatic carbocycles. The Balaban J connectivity index is 1.35. The van der Waals surface area contributed by atoms with E-state index in [9.17, 15) is 0 Å². The van der Waals surface area contributed by atoms with E-state index in [1.807, 2.05) is 103 Å². The highest BCUT2D eigenvalue weighted by Gasteiger charge is 2.29. The highest BCUT2D eigenvalue weighted by Crippen LogP contribution is 2.43. The number of benzene rings is 6. The average molecular weight is 583 g/mol. The highest BCUT2D eigenvalue weighted by atomic mass is 31.2. The molecule has 0 N–H and O–H groups in total. The first-order valence-corrected chi connectivity index (χ1v) is 16.4. The Bertz CT molecular complexity index is 2310. The summed E-state index contributed by atoms with van der Waals surface area (Å²) >= 11 is 0. The number of aromatic nitrogens is 2. The van der Waals surface area contributed by atoms with E-state index in [1.165, 1.54) is 0 Å². The van der Waals surface area contributed by atoms with Gasteiger partial charge in [0.1, 0.15) is 0 Å². The van der Waals surface area contributed by atoms with Gasteiger partial charge in [-0.3, -0.25) is 4.98 Å². The number of nitrogens with zero attached hydrogens (tertiary/aromatic N) is 2. The molecule has 0 spiro atoms. The van der Waals surface area contributed by atoms with Gasteiger partial charge in [-0.15, -0.1) is 0 Å². The molecule has 208 valence electrons. The molecule has 4 heteroatoms. The summed E-state index contributed by atoms with van der Waals surface area (Å²) in [5.41, 5.74) is 5.88. The molecule has 8 rings (SSSR count). The van der Waals surface area contributed by atoms with Crippen LogP contribution >= 0.6 is 7.14 Å². The summed E-state index contributed by atoms with van der Waals surface area (Å²) in [7, 11) is -3.10. The van der Waals surface area contributed by atoms with Crippen molar-refractivity contribution in [2.24, 2.45) is 0 Å². The van der Waals surface area contributed by atoms with E-state index in [-0.39, 0.29) is 0 Å². The van der Waals surface area contributed by atoms with E-state index in [2.05, 4.69) is 60.7 Å². The number of pyridine rings is 2. The molecule has 0 atom stereocenters. The second-order valence-corrected chi connectivity index (χ2v) is 13.7. The smallest absolute Gasteiger partial charge is 0.171 e. The Kier molecular flexibility index (Phi) is 6.40. The molecule has 0 aliphatic heterocycles. The second-order valence-electron chi connectivity index (χ2n) is 11.0. The largest absolute Gasteiger partial charge is 0.309 e. The maximum Gasteiger partial charge on any atom is 0.171 e. The SMILES string of the molecule is O=P(c1ccccc1)(c1ccccc1)c1cccc(-c2ccc3c(c2)nc(-c2ccccc2)c2ccc4cccnc4c23)c1. The molecule has 2 heterocycles. The van der Waals surface area contributed by atoms with Gasteiger partial charge in [0.05, 0.1) is 16.7 Å². The van der Waals surface area contributed by atoms with Crippen LogP contribution in [0.5, 0.6) is 0 Å². The Hall–Kier alpha value is -5.37. The van der Waals surface area contributed by atoms with Gasteiger partial charge in [0, 0.05) is 49.2 Å². The van der Waals surface area contributed by atoms with Gasteiger partial charge in [0.15, 0.2) is 7.14 Å². The van der Waals surface area contributed by atoms with Crippen LogP contribution in [0.3, 0.4) is 0 Å². The van der Waals surface area contributed by atoms with Crippen molar-refractivity contribution in [3.05, 3.63) is 164 Å². The quantitative estimate of drug-likeness (QED) is 0.150. The zero-order valence-corrected chi connectivity index (χ0v) is 24.7. The zero-order chi connectivity index (χ0) is 29.5. The van der Waals surface area contributed by atoms with Gasteiger partial charge in [0.2, 0.25) is 0 Å². The number of fused-ring (bicyclic) bond motifs is 5. The van der Waals surface area contributed by atoms with E-state index in [0.717, 1.165) is 70.9 Å². The monoisotopic (exact) mass is 582 g/mol. The van der Waals surface area contributed by atoms with E-state index < -0.39 is 7.14 Å². The molecule has 0 fully saturated rings. The zero-order valence-electron chi connectivity index (χ0n) is 23.8. The van der Waals surface area contributed by atoms with Crippen LogP contribution in [0.15, 0.2) is 164 Å². The van der Waals surface area contributed by atoms with Gasteiger partial charge in [0.25, 0.3) is 0 Å². The number of rotatable bonds is 5. The van der Waals surface area contributed by atoms with Crippen LogP contribution in [-0.4, -0.2) is 9.97 Å². The lowest BCUT2D eigenvalue weighted by molar-refractivity contribution is 0.592. The Labute approximate surface area is 255 Å². The van der Waals surface area contributed by atoms with Crippen LogP contribution in [-0.2, 0) is 4.57 Å². The van der Waals surface area contributed by atoms with E-state index in [4.69, 9.17) is 9.97 Å². The number of hydrogen-bond donors (Lipinski definition) is 0. The third-order valence-corrected chi connectivity index (χ3v) is 11.4. The molecule has 44 heavy (non-hydrogen) atoms. The van der Waals surface area contributed by atoms with Crippen molar-refractivity contribution in [1.29, 1.82) is 0 Å². The van der Waals surface area contributed by atoms with Crippen LogP contribution in [0.1, 0.15) is 0 Å². The summed E-state index contributed by atoms with van der Waals surface area (Å²) < 4.78 is 15.1. The Morgan fingerprint density at radius 3 is 1.82 bits per heavy atom. The van der Waals surface area contributed by atoms with Gasteiger partial charge < -0.3 is 4.57 Å². The van der Waals surface area contributed by atoms with E-state index in [0.29, 0.717) is 0 Å². The molecule has 0 aliphatic rings.